The first-order chi connectivity index (χ1) is 27.2. The molecule has 0 N–H and O–H groups in total. The van der Waals surface area contributed by atoms with Crippen LogP contribution in [-0.2, 0) is 0 Å². The normalized spacial score (nSPS) is 11.6. The van der Waals surface area contributed by atoms with Crippen molar-refractivity contribution in [3.05, 3.63) is 193 Å². The lowest BCUT2D eigenvalue weighted by Crippen LogP contribution is -2.02. The van der Waals surface area contributed by atoms with Crippen molar-refractivity contribution in [2.75, 3.05) is 0 Å². The summed E-state index contributed by atoms with van der Waals surface area (Å²) in [4.78, 5) is 3.87. The van der Waals surface area contributed by atoms with Crippen LogP contribution in [0.25, 0.3) is 98.5 Å². The first kappa shape index (κ1) is 30.7. The standard InChI is InChI=1S/C50H29N5/c1-52-41-20-13-27-49-50(41)38-18-6-11-25-46(38)55(49)47-26-12-19-33(40(47)31-51)34-14-2-9-23-44(34)54-45-24-10-5-17-37(45)39-30-32(28-29-48(39)54)53-42-21-7-3-15-35(42)36-16-4-8-22-43(36)53/h2-30H. The lowest BCUT2D eigenvalue weighted by molar-refractivity contribution is 1.16. The Morgan fingerprint density at radius 3 is 1.60 bits per heavy atom. The zero-order chi connectivity index (χ0) is 36.6. The van der Waals surface area contributed by atoms with E-state index in [-0.39, 0.29) is 0 Å². The fraction of sp³-hybridized carbons (Fsp3) is 0. The molecule has 0 radical (unpaired) electrons. The van der Waals surface area contributed by atoms with E-state index in [9.17, 15) is 5.26 Å². The Morgan fingerprint density at radius 2 is 0.909 bits per heavy atom. The second-order valence-corrected chi connectivity index (χ2v) is 13.9. The molecular formula is C50H29N5. The Kier molecular flexibility index (Phi) is 6.61. The molecule has 0 atom stereocenters. The first-order valence-electron chi connectivity index (χ1n) is 18.3. The van der Waals surface area contributed by atoms with Gasteiger partial charge in [-0.05, 0) is 66.0 Å². The van der Waals surface area contributed by atoms with Gasteiger partial charge < -0.3 is 13.7 Å². The van der Waals surface area contributed by atoms with Crippen molar-refractivity contribution >= 4 is 71.1 Å². The Morgan fingerprint density at radius 1 is 0.418 bits per heavy atom. The summed E-state index contributed by atoms with van der Waals surface area (Å²) < 4.78 is 6.84. The number of aromatic nitrogens is 3. The molecule has 0 spiro atoms. The average Bonchev–Trinajstić information content (AvgIpc) is 3.89. The van der Waals surface area contributed by atoms with Crippen molar-refractivity contribution in [3.63, 3.8) is 0 Å². The molecule has 8 aromatic carbocycles. The average molecular weight is 700 g/mol. The van der Waals surface area contributed by atoms with E-state index < -0.39 is 0 Å². The summed E-state index contributed by atoms with van der Waals surface area (Å²) in [6.07, 6.45) is 0. The molecule has 0 aliphatic heterocycles. The van der Waals surface area contributed by atoms with Crippen molar-refractivity contribution in [2.45, 2.75) is 0 Å². The number of nitriles is 1. The Balaban J connectivity index is 1.16. The monoisotopic (exact) mass is 699 g/mol. The fourth-order valence-electron chi connectivity index (χ4n) is 8.88. The van der Waals surface area contributed by atoms with Crippen molar-refractivity contribution < 1.29 is 0 Å². The Labute approximate surface area is 316 Å². The zero-order valence-electron chi connectivity index (χ0n) is 29.5. The molecule has 254 valence electrons. The summed E-state index contributed by atoms with van der Waals surface area (Å²) >= 11 is 0. The summed E-state index contributed by atoms with van der Waals surface area (Å²) in [6.45, 7) is 7.92. The van der Waals surface area contributed by atoms with E-state index in [0.29, 0.717) is 11.3 Å². The van der Waals surface area contributed by atoms with Gasteiger partial charge in [0.25, 0.3) is 0 Å². The lowest BCUT2D eigenvalue weighted by Gasteiger charge is -2.17. The molecule has 11 rings (SSSR count). The third-order valence-corrected chi connectivity index (χ3v) is 11.1. The van der Waals surface area contributed by atoms with Gasteiger partial charge in [0.15, 0.2) is 5.69 Å². The van der Waals surface area contributed by atoms with E-state index >= 15 is 0 Å². The minimum Gasteiger partial charge on any atom is -0.309 e. The Hall–Kier alpha value is -7.86. The maximum absolute atomic E-state index is 11.0. The van der Waals surface area contributed by atoms with Gasteiger partial charge >= 0.3 is 0 Å². The number of benzene rings is 8. The first-order valence-corrected chi connectivity index (χ1v) is 18.3. The molecule has 0 saturated heterocycles. The number of para-hydroxylation sites is 5. The number of hydrogen-bond acceptors (Lipinski definition) is 1. The molecule has 5 nitrogen and oxygen atoms in total. The summed E-state index contributed by atoms with van der Waals surface area (Å²) in [5, 5.41) is 17.7. The van der Waals surface area contributed by atoms with E-state index in [1.165, 1.54) is 21.8 Å². The van der Waals surface area contributed by atoms with Crippen molar-refractivity contribution in [1.29, 1.82) is 5.26 Å². The third kappa shape index (κ3) is 4.33. The van der Waals surface area contributed by atoms with Crippen molar-refractivity contribution in [3.8, 4) is 34.3 Å². The van der Waals surface area contributed by atoms with E-state index in [0.717, 1.165) is 71.8 Å². The van der Waals surface area contributed by atoms with Crippen LogP contribution in [0.1, 0.15) is 5.56 Å². The van der Waals surface area contributed by atoms with E-state index in [4.69, 9.17) is 6.57 Å². The van der Waals surface area contributed by atoms with Gasteiger partial charge in [0.05, 0.1) is 51.1 Å². The van der Waals surface area contributed by atoms with Crippen LogP contribution in [0, 0.1) is 17.9 Å². The number of nitrogens with zero attached hydrogens (tertiary/aromatic N) is 5. The quantitative estimate of drug-likeness (QED) is 0.169. The molecule has 3 heterocycles. The molecule has 0 bridgehead atoms. The molecular weight excluding hydrogens is 671 g/mol. The van der Waals surface area contributed by atoms with Gasteiger partial charge in [-0.1, -0.05) is 115 Å². The molecule has 0 amide bonds. The molecule has 11 aromatic rings. The van der Waals surface area contributed by atoms with Crippen LogP contribution in [0.15, 0.2) is 176 Å². The minimum atomic E-state index is 0.570. The summed E-state index contributed by atoms with van der Waals surface area (Å²) in [5.74, 6) is 0. The molecule has 5 heteroatoms. The molecule has 0 aliphatic carbocycles. The van der Waals surface area contributed by atoms with Gasteiger partial charge in [-0.15, -0.1) is 0 Å². The molecule has 0 fully saturated rings. The van der Waals surface area contributed by atoms with Gasteiger partial charge in [0.2, 0.25) is 0 Å². The number of hydrogen-bond donors (Lipinski definition) is 0. The highest BCUT2D eigenvalue weighted by Crippen LogP contribution is 2.42. The maximum atomic E-state index is 11.0. The number of fused-ring (bicyclic) bond motifs is 9. The molecule has 0 aliphatic rings. The van der Waals surface area contributed by atoms with E-state index in [1.807, 2.05) is 54.6 Å². The highest BCUT2D eigenvalue weighted by Gasteiger charge is 2.22. The molecule has 3 aromatic heterocycles. The lowest BCUT2D eigenvalue weighted by atomic mass is 9.96. The van der Waals surface area contributed by atoms with Crippen LogP contribution in [0.2, 0.25) is 0 Å². The molecule has 55 heavy (non-hydrogen) atoms. The fourth-order valence-corrected chi connectivity index (χ4v) is 8.88. The maximum Gasteiger partial charge on any atom is 0.197 e. The number of rotatable bonds is 4. The van der Waals surface area contributed by atoms with Crippen LogP contribution in [0.4, 0.5) is 5.69 Å². The van der Waals surface area contributed by atoms with Gasteiger partial charge in [-0.2, -0.15) is 5.26 Å². The molecule has 0 saturated carbocycles. The van der Waals surface area contributed by atoms with Gasteiger partial charge in [0, 0.05) is 49.3 Å². The van der Waals surface area contributed by atoms with Crippen LogP contribution in [-0.4, -0.2) is 13.7 Å². The van der Waals surface area contributed by atoms with E-state index in [1.54, 1.807) is 0 Å². The van der Waals surface area contributed by atoms with Gasteiger partial charge in [-0.25, -0.2) is 4.85 Å². The third-order valence-electron chi connectivity index (χ3n) is 11.1. The highest BCUT2D eigenvalue weighted by molar-refractivity contribution is 6.16. The highest BCUT2D eigenvalue weighted by atomic mass is 15.0. The second-order valence-electron chi connectivity index (χ2n) is 13.9. The predicted octanol–water partition coefficient (Wildman–Crippen LogP) is 13.1. The minimum absolute atomic E-state index is 0.570. The molecule has 0 unspecified atom stereocenters. The van der Waals surface area contributed by atoms with Crippen molar-refractivity contribution in [2.24, 2.45) is 0 Å². The largest absolute Gasteiger partial charge is 0.309 e. The SMILES string of the molecule is [C-]#[N+]c1cccc2c1c1ccccc1n2-c1cccc(-c2ccccc2-n2c3ccccc3c3cc(-n4c5ccccc5c5ccccc54)ccc32)c1C#N. The van der Waals surface area contributed by atoms with Crippen molar-refractivity contribution in [1.82, 2.24) is 13.7 Å². The Bertz CT molecular complexity index is 3420. The zero-order valence-corrected chi connectivity index (χ0v) is 29.5. The van der Waals surface area contributed by atoms with Crippen LogP contribution >= 0.6 is 0 Å². The van der Waals surface area contributed by atoms with Crippen LogP contribution in [0.5, 0.6) is 0 Å². The summed E-state index contributed by atoms with van der Waals surface area (Å²) in [6, 6.07) is 63.6. The second kappa shape index (κ2) is 11.8. The predicted molar refractivity (Wildman–Crippen MR) is 226 cm³/mol. The smallest absolute Gasteiger partial charge is 0.197 e. The van der Waals surface area contributed by atoms with Gasteiger partial charge in [-0.3, -0.25) is 0 Å². The topological polar surface area (TPSA) is 42.9 Å². The van der Waals surface area contributed by atoms with Crippen LogP contribution in [0.3, 0.4) is 0 Å². The van der Waals surface area contributed by atoms with E-state index in [2.05, 4.69) is 146 Å². The summed E-state index contributed by atoms with van der Waals surface area (Å²) in [5.41, 5.74) is 12.2. The van der Waals surface area contributed by atoms with Crippen LogP contribution < -0.4 is 0 Å². The summed E-state index contributed by atoms with van der Waals surface area (Å²) in [7, 11) is 0. The van der Waals surface area contributed by atoms with Gasteiger partial charge in [0.1, 0.15) is 6.07 Å².